The van der Waals surface area contributed by atoms with Crippen LogP contribution in [0.1, 0.15) is 91.9 Å². The molecule has 1 aliphatic heterocycles. The summed E-state index contributed by atoms with van der Waals surface area (Å²) in [6.45, 7) is 15.0. The highest BCUT2D eigenvalue weighted by molar-refractivity contribution is 7.91. The molecule has 5 heteroatoms. The molecular formula is C20H44BrNO2S. The molecule has 0 radical (unpaired) electrons. The van der Waals surface area contributed by atoms with Crippen molar-refractivity contribution in [2.75, 3.05) is 37.7 Å². The van der Waals surface area contributed by atoms with Gasteiger partial charge in [0.1, 0.15) is 9.84 Å². The molecule has 0 unspecified atom stereocenters. The van der Waals surface area contributed by atoms with Crippen molar-refractivity contribution >= 4 is 9.84 Å². The van der Waals surface area contributed by atoms with Crippen molar-refractivity contribution in [1.82, 2.24) is 0 Å². The summed E-state index contributed by atoms with van der Waals surface area (Å²) in [6, 6.07) is 0. The summed E-state index contributed by atoms with van der Waals surface area (Å²) < 4.78 is 22.3. The van der Waals surface area contributed by atoms with Crippen molar-refractivity contribution in [2.24, 2.45) is 0 Å². The summed E-state index contributed by atoms with van der Waals surface area (Å²) in [5, 5.41) is 0. The van der Waals surface area contributed by atoms with Crippen LogP contribution in [-0.4, -0.2) is 50.6 Å². The van der Waals surface area contributed by atoms with Crippen LogP contribution in [0.4, 0.5) is 0 Å². The lowest BCUT2D eigenvalue weighted by Gasteiger charge is -2.39. The highest BCUT2D eigenvalue weighted by Crippen LogP contribution is 2.16. The second kappa shape index (κ2) is 16.6. The third-order valence-electron chi connectivity index (χ3n) is 5.10. The zero-order chi connectivity index (χ0) is 18.3. The van der Waals surface area contributed by atoms with Gasteiger partial charge in [0, 0.05) is 0 Å². The summed E-state index contributed by atoms with van der Waals surface area (Å²) in [5.74, 6) is 0.847. The van der Waals surface area contributed by atoms with E-state index < -0.39 is 9.84 Å². The molecule has 25 heavy (non-hydrogen) atoms. The minimum atomic E-state index is -2.55. The van der Waals surface area contributed by atoms with Crippen molar-refractivity contribution in [3.8, 4) is 0 Å². The first-order valence-electron chi connectivity index (χ1n) is 10.5. The van der Waals surface area contributed by atoms with Crippen LogP contribution in [0, 0.1) is 0 Å². The van der Waals surface area contributed by atoms with E-state index in [0.29, 0.717) is 11.5 Å². The number of hydrogen-bond acceptors (Lipinski definition) is 2. The van der Waals surface area contributed by atoms with E-state index in [0.717, 1.165) is 12.8 Å². The molecule has 0 aromatic heterocycles. The summed E-state index contributed by atoms with van der Waals surface area (Å²) in [7, 11) is -2.55. The van der Waals surface area contributed by atoms with Crippen LogP contribution in [0.25, 0.3) is 0 Å². The SMILES string of the molecule is CCCC[N+](CCCC)(CCCC)CCCC.O=S1(=O)CCCC1.[Br-]. The molecule has 0 spiro atoms. The first-order valence-corrected chi connectivity index (χ1v) is 12.3. The van der Waals surface area contributed by atoms with Gasteiger partial charge in [-0.05, 0) is 38.5 Å². The molecule has 0 saturated carbocycles. The van der Waals surface area contributed by atoms with Gasteiger partial charge in [0.25, 0.3) is 0 Å². The number of quaternary nitrogens is 1. The smallest absolute Gasteiger partial charge is 0.150 e. The van der Waals surface area contributed by atoms with Gasteiger partial charge in [-0.1, -0.05) is 53.4 Å². The number of hydrogen-bond donors (Lipinski definition) is 0. The van der Waals surface area contributed by atoms with E-state index in [-0.39, 0.29) is 17.0 Å². The maximum Gasteiger partial charge on any atom is 0.150 e. The van der Waals surface area contributed by atoms with Gasteiger partial charge in [-0.3, -0.25) is 0 Å². The van der Waals surface area contributed by atoms with Gasteiger partial charge in [-0.25, -0.2) is 8.42 Å². The fourth-order valence-electron chi connectivity index (χ4n) is 3.39. The Morgan fingerprint density at radius 2 is 0.920 bits per heavy atom. The van der Waals surface area contributed by atoms with Crippen LogP contribution in [-0.2, 0) is 9.84 Å². The number of sulfone groups is 1. The maximum absolute atomic E-state index is 10.4. The topological polar surface area (TPSA) is 34.1 Å². The lowest BCUT2D eigenvalue weighted by Crippen LogP contribution is -3.00. The lowest BCUT2D eigenvalue weighted by atomic mass is 10.1. The molecule has 0 amide bonds. The third-order valence-corrected chi connectivity index (χ3v) is 6.93. The van der Waals surface area contributed by atoms with E-state index >= 15 is 0 Å². The van der Waals surface area contributed by atoms with Gasteiger partial charge in [0.2, 0.25) is 0 Å². The van der Waals surface area contributed by atoms with Crippen molar-refractivity contribution in [1.29, 1.82) is 0 Å². The van der Waals surface area contributed by atoms with Crippen molar-refractivity contribution in [2.45, 2.75) is 91.9 Å². The molecule has 154 valence electrons. The quantitative estimate of drug-likeness (QED) is 0.435. The summed E-state index contributed by atoms with van der Waals surface area (Å²) in [5.41, 5.74) is 0. The van der Waals surface area contributed by atoms with E-state index in [1.807, 2.05) is 0 Å². The first-order chi connectivity index (χ1) is 11.4. The Balaban J connectivity index is 0. The molecule has 0 aliphatic carbocycles. The zero-order valence-electron chi connectivity index (χ0n) is 17.4. The number of unbranched alkanes of at least 4 members (excludes halogenated alkanes) is 4. The highest BCUT2D eigenvalue weighted by atomic mass is 79.9. The Bertz CT molecular complexity index is 336. The van der Waals surface area contributed by atoms with Crippen LogP contribution in [0.3, 0.4) is 0 Å². The standard InChI is InChI=1S/C16H36N.C4H8O2S.BrH/c1-5-9-13-17(14-10-6-2,15-11-7-3)16-12-8-4;5-7(6)3-1-2-4-7;/h5-16H2,1-4H3;1-4H2;1H/q+1;;/p-1. The van der Waals surface area contributed by atoms with Gasteiger partial charge in [0.05, 0.1) is 37.7 Å². The molecular weight excluding hydrogens is 398 g/mol. The van der Waals surface area contributed by atoms with Crippen molar-refractivity contribution in [3.63, 3.8) is 0 Å². The van der Waals surface area contributed by atoms with E-state index in [4.69, 9.17) is 0 Å². The van der Waals surface area contributed by atoms with Crippen LogP contribution in [0.5, 0.6) is 0 Å². The minimum absolute atomic E-state index is 0. The summed E-state index contributed by atoms with van der Waals surface area (Å²) in [4.78, 5) is 0. The Hall–Kier alpha value is 0.390. The van der Waals surface area contributed by atoms with Gasteiger partial charge < -0.3 is 21.5 Å². The lowest BCUT2D eigenvalue weighted by molar-refractivity contribution is -0.929. The van der Waals surface area contributed by atoms with Crippen LogP contribution in [0.2, 0.25) is 0 Å². The molecule has 3 nitrogen and oxygen atoms in total. The number of rotatable bonds is 12. The predicted molar refractivity (Wildman–Crippen MR) is 107 cm³/mol. The van der Waals surface area contributed by atoms with Gasteiger partial charge in [0.15, 0.2) is 0 Å². The third kappa shape index (κ3) is 14.2. The van der Waals surface area contributed by atoms with Gasteiger partial charge in [-0.2, -0.15) is 0 Å². The van der Waals surface area contributed by atoms with Crippen LogP contribution in [0.15, 0.2) is 0 Å². The Morgan fingerprint density at radius 1 is 0.640 bits per heavy atom. The van der Waals surface area contributed by atoms with Crippen molar-refractivity contribution in [3.05, 3.63) is 0 Å². The predicted octanol–water partition coefficient (Wildman–Crippen LogP) is 2.20. The molecule has 1 saturated heterocycles. The average molecular weight is 443 g/mol. The highest BCUT2D eigenvalue weighted by Gasteiger charge is 2.24. The molecule has 1 heterocycles. The zero-order valence-corrected chi connectivity index (χ0v) is 19.8. The number of halogens is 1. The Morgan fingerprint density at radius 3 is 1.08 bits per heavy atom. The molecule has 1 fully saturated rings. The monoisotopic (exact) mass is 441 g/mol. The minimum Gasteiger partial charge on any atom is -1.00 e. The number of nitrogens with zero attached hydrogens (tertiary/aromatic N) is 1. The molecule has 0 N–H and O–H groups in total. The second-order valence-corrected chi connectivity index (χ2v) is 9.81. The van der Waals surface area contributed by atoms with Crippen LogP contribution >= 0.6 is 0 Å². The van der Waals surface area contributed by atoms with Crippen LogP contribution < -0.4 is 17.0 Å². The second-order valence-electron chi connectivity index (χ2n) is 7.51. The Labute approximate surface area is 169 Å². The van der Waals surface area contributed by atoms with Gasteiger partial charge in [-0.15, -0.1) is 0 Å². The molecule has 0 aromatic carbocycles. The van der Waals surface area contributed by atoms with E-state index in [1.54, 1.807) is 0 Å². The average Bonchev–Trinajstić information content (AvgIpc) is 2.98. The van der Waals surface area contributed by atoms with Gasteiger partial charge >= 0.3 is 0 Å². The molecule has 1 aliphatic rings. The summed E-state index contributed by atoms with van der Waals surface area (Å²) >= 11 is 0. The van der Waals surface area contributed by atoms with Crippen molar-refractivity contribution < 1.29 is 29.9 Å². The molecule has 1 rings (SSSR count). The molecule has 0 aromatic rings. The fourth-order valence-corrected chi connectivity index (χ4v) is 4.88. The Kier molecular flexibility index (Phi) is 18.3. The largest absolute Gasteiger partial charge is 1.00 e. The molecule has 0 bridgehead atoms. The molecule has 0 atom stereocenters. The first kappa shape index (κ1) is 27.6. The van der Waals surface area contributed by atoms with E-state index in [2.05, 4.69) is 27.7 Å². The van der Waals surface area contributed by atoms with E-state index in [9.17, 15) is 8.42 Å². The van der Waals surface area contributed by atoms with E-state index in [1.165, 1.54) is 82.0 Å². The fraction of sp³-hybridized carbons (Fsp3) is 1.00. The summed E-state index contributed by atoms with van der Waals surface area (Å²) in [6.07, 6.45) is 12.8. The normalized spacial score (nSPS) is 16.0. The maximum atomic E-state index is 10.4.